The minimum Gasteiger partial charge on any atom is -0.480 e. The zero-order valence-electron chi connectivity index (χ0n) is 21.4. The van der Waals surface area contributed by atoms with Crippen LogP contribution in [0.3, 0.4) is 0 Å². The topological polar surface area (TPSA) is 151 Å². The zero-order chi connectivity index (χ0) is 30.9. The number of carbonyl (C=O) groups is 2. The molecular formula is C27H17BrF3N5O5S2. The summed E-state index contributed by atoms with van der Waals surface area (Å²) in [6, 6.07) is 10.8. The molecule has 1 amide bonds. The van der Waals surface area contributed by atoms with Crippen molar-refractivity contribution in [2.75, 3.05) is 4.72 Å². The number of amides is 1. The van der Waals surface area contributed by atoms with Crippen molar-refractivity contribution in [3.8, 4) is 11.1 Å². The van der Waals surface area contributed by atoms with Crippen molar-refractivity contribution in [3.63, 3.8) is 0 Å². The second kappa shape index (κ2) is 12.1. The van der Waals surface area contributed by atoms with Crippen LogP contribution in [0.2, 0.25) is 0 Å². The highest BCUT2D eigenvalue weighted by Gasteiger charge is 2.27. The van der Waals surface area contributed by atoms with Crippen molar-refractivity contribution in [1.82, 2.24) is 19.0 Å². The Hall–Kier alpha value is -4.41. The van der Waals surface area contributed by atoms with Crippen molar-refractivity contribution >= 4 is 66.3 Å². The van der Waals surface area contributed by atoms with Gasteiger partial charge in [0.2, 0.25) is 5.95 Å². The number of fused-ring (bicyclic) bond motifs is 1. The number of hydrogen-bond donors (Lipinski definition) is 3. The lowest BCUT2D eigenvalue weighted by Gasteiger charge is -2.16. The molecule has 0 aliphatic heterocycles. The highest BCUT2D eigenvalue weighted by Crippen LogP contribution is 2.27. The van der Waals surface area contributed by atoms with Gasteiger partial charge < -0.3 is 10.4 Å². The van der Waals surface area contributed by atoms with Crippen molar-refractivity contribution in [1.29, 1.82) is 0 Å². The number of carboxylic acids is 1. The summed E-state index contributed by atoms with van der Waals surface area (Å²) in [7, 11) is -4.33. The van der Waals surface area contributed by atoms with Gasteiger partial charge in [0.15, 0.2) is 0 Å². The number of nitrogens with one attached hydrogen (secondary N) is 2. The van der Waals surface area contributed by atoms with E-state index in [2.05, 4.69) is 35.0 Å². The number of pyridine rings is 1. The van der Waals surface area contributed by atoms with Gasteiger partial charge in [0, 0.05) is 23.2 Å². The lowest BCUT2D eigenvalue weighted by molar-refractivity contribution is -0.139. The van der Waals surface area contributed by atoms with Crippen LogP contribution in [0, 0.1) is 17.6 Å². The molecule has 1 atom stereocenters. The standard InChI is InChI=1S/C27H17BrF3N5O5S2/c28-18-6-3-15(24-25(18)35-42-34-24)9-21(27(38)39)33-26(37)23-19(29)11-16(12-20(23)30)36-43(40,41)17-4-1-13(2-5-17)14-7-8-32-22(31)10-14/h1-8,10-12,21,36H,9H2,(H,33,37)(H,38,39)/t21-/m0/s1. The Morgan fingerprint density at radius 2 is 1.60 bits per heavy atom. The van der Waals surface area contributed by atoms with Crippen LogP contribution < -0.4 is 10.0 Å². The first-order valence-electron chi connectivity index (χ1n) is 12.1. The average Bonchev–Trinajstić information content (AvgIpc) is 3.45. The van der Waals surface area contributed by atoms with E-state index in [0.717, 1.165) is 11.7 Å². The maximum atomic E-state index is 15.0. The number of halogens is 4. The first kappa shape index (κ1) is 30.1. The van der Waals surface area contributed by atoms with Gasteiger partial charge in [-0.15, -0.1) is 0 Å². The molecule has 3 N–H and O–H groups in total. The Balaban J connectivity index is 1.33. The second-order valence-electron chi connectivity index (χ2n) is 9.05. The predicted octanol–water partition coefficient (Wildman–Crippen LogP) is 5.16. The van der Waals surface area contributed by atoms with Gasteiger partial charge in [-0.1, -0.05) is 18.2 Å². The number of aliphatic carboxylic acids is 1. The molecule has 0 saturated carbocycles. The summed E-state index contributed by atoms with van der Waals surface area (Å²) in [4.78, 5) is 27.9. The maximum Gasteiger partial charge on any atom is 0.326 e. The smallest absolute Gasteiger partial charge is 0.326 e. The van der Waals surface area contributed by atoms with Crippen LogP contribution in [0.25, 0.3) is 22.2 Å². The van der Waals surface area contributed by atoms with Crippen LogP contribution in [0.5, 0.6) is 0 Å². The highest BCUT2D eigenvalue weighted by molar-refractivity contribution is 9.10. The van der Waals surface area contributed by atoms with Crippen molar-refractivity contribution in [2.24, 2.45) is 0 Å². The quantitative estimate of drug-likeness (QED) is 0.179. The van der Waals surface area contributed by atoms with Crippen LogP contribution >= 0.6 is 27.7 Å². The molecule has 2 aromatic heterocycles. The Bertz CT molecular complexity index is 1970. The molecule has 0 aliphatic carbocycles. The van der Waals surface area contributed by atoms with Gasteiger partial charge >= 0.3 is 5.97 Å². The lowest BCUT2D eigenvalue weighted by Crippen LogP contribution is -2.43. The van der Waals surface area contributed by atoms with E-state index >= 15 is 0 Å². The first-order chi connectivity index (χ1) is 20.4. The zero-order valence-corrected chi connectivity index (χ0v) is 24.6. The Morgan fingerprint density at radius 1 is 0.930 bits per heavy atom. The molecule has 3 aromatic carbocycles. The molecule has 10 nitrogen and oxygen atoms in total. The van der Waals surface area contributed by atoms with Gasteiger partial charge in [-0.3, -0.25) is 9.52 Å². The third-order valence-electron chi connectivity index (χ3n) is 6.22. The van der Waals surface area contributed by atoms with E-state index in [4.69, 9.17) is 0 Å². The predicted molar refractivity (Wildman–Crippen MR) is 155 cm³/mol. The van der Waals surface area contributed by atoms with Gasteiger partial charge in [0.1, 0.15) is 34.3 Å². The minimum atomic E-state index is -4.33. The summed E-state index contributed by atoms with van der Waals surface area (Å²) >= 11 is 4.23. The number of anilines is 1. The van der Waals surface area contributed by atoms with Crippen molar-refractivity contribution in [3.05, 3.63) is 100 Å². The number of nitrogens with zero attached hydrogens (tertiary/aromatic N) is 3. The third kappa shape index (κ3) is 6.50. The lowest BCUT2D eigenvalue weighted by atomic mass is 10.0. The first-order valence-corrected chi connectivity index (χ1v) is 15.1. The molecule has 0 fully saturated rings. The molecule has 0 aliphatic rings. The Labute approximate surface area is 254 Å². The van der Waals surface area contributed by atoms with E-state index < -0.39 is 56.8 Å². The molecule has 5 rings (SSSR count). The number of carboxylic acid groups (broad SMARTS) is 1. The number of hydrogen-bond acceptors (Lipinski definition) is 8. The van der Waals surface area contributed by atoms with E-state index in [1.807, 2.05) is 4.72 Å². The summed E-state index contributed by atoms with van der Waals surface area (Å²) < 4.78 is 80.0. The fourth-order valence-electron chi connectivity index (χ4n) is 4.17. The molecule has 5 aromatic rings. The monoisotopic (exact) mass is 691 g/mol. The van der Waals surface area contributed by atoms with Crippen molar-refractivity contribution < 1.29 is 36.3 Å². The number of rotatable bonds is 9. The molecule has 2 heterocycles. The maximum absolute atomic E-state index is 15.0. The summed E-state index contributed by atoms with van der Waals surface area (Å²) in [6.07, 6.45) is 0.998. The van der Waals surface area contributed by atoms with E-state index in [0.29, 0.717) is 44.3 Å². The largest absolute Gasteiger partial charge is 0.480 e. The molecule has 0 radical (unpaired) electrons. The summed E-state index contributed by atoms with van der Waals surface area (Å²) in [5.74, 6) is -6.38. The summed E-state index contributed by atoms with van der Waals surface area (Å²) in [5.41, 5.74) is 0.682. The molecule has 16 heteroatoms. The molecule has 0 saturated heterocycles. The summed E-state index contributed by atoms with van der Waals surface area (Å²) in [6.45, 7) is 0. The number of sulfonamides is 1. The highest BCUT2D eigenvalue weighted by atomic mass is 79.9. The molecule has 0 bridgehead atoms. The van der Waals surface area contributed by atoms with Crippen LogP contribution in [0.4, 0.5) is 18.9 Å². The fourth-order valence-corrected chi connectivity index (χ4v) is 6.33. The molecule has 220 valence electrons. The van der Waals surface area contributed by atoms with Gasteiger partial charge in [-0.25, -0.2) is 27.0 Å². The molecular weight excluding hydrogens is 675 g/mol. The van der Waals surface area contributed by atoms with Crippen LogP contribution in [0.1, 0.15) is 15.9 Å². The number of benzene rings is 3. The van der Waals surface area contributed by atoms with E-state index in [1.165, 1.54) is 42.6 Å². The summed E-state index contributed by atoms with van der Waals surface area (Å²) in [5, 5.41) is 11.8. The van der Waals surface area contributed by atoms with Gasteiger partial charge in [-0.2, -0.15) is 13.1 Å². The SMILES string of the molecule is O=C(N[C@@H](Cc1ccc(Br)c2nsnc12)C(=O)O)c1c(F)cc(NS(=O)(=O)c2ccc(-c3ccnc(F)c3)cc2)cc1F. The van der Waals surface area contributed by atoms with Gasteiger partial charge in [-0.05, 0) is 69.0 Å². The fraction of sp³-hybridized carbons (Fsp3) is 0.0741. The van der Waals surface area contributed by atoms with E-state index in [9.17, 15) is 36.3 Å². The van der Waals surface area contributed by atoms with E-state index in [-0.39, 0.29) is 11.3 Å². The van der Waals surface area contributed by atoms with Crippen LogP contribution in [-0.2, 0) is 21.2 Å². The second-order valence-corrected chi connectivity index (χ2v) is 12.1. The number of carbonyl (C=O) groups excluding carboxylic acids is 1. The molecule has 0 spiro atoms. The Morgan fingerprint density at radius 3 is 2.26 bits per heavy atom. The van der Waals surface area contributed by atoms with Crippen LogP contribution in [-0.4, -0.2) is 45.2 Å². The van der Waals surface area contributed by atoms with E-state index in [1.54, 1.807) is 12.1 Å². The van der Waals surface area contributed by atoms with Crippen molar-refractivity contribution in [2.45, 2.75) is 17.4 Å². The van der Waals surface area contributed by atoms with Gasteiger partial charge in [0.25, 0.3) is 15.9 Å². The average molecular weight is 692 g/mol. The molecule has 43 heavy (non-hydrogen) atoms. The normalized spacial score (nSPS) is 12.2. The van der Waals surface area contributed by atoms with Crippen LogP contribution in [0.15, 0.2) is 76.2 Å². The minimum absolute atomic E-state index is 0.255. The molecule has 0 unspecified atom stereocenters. The number of aromatic nitrogens is 3. The van der Waals surface area contributed by atoms with Gasteiger partial charge in [0.05, 0.1) is 22.3 Å². The third-order valence-corrected chi connectivity index (χ3v) is 8.79. The Kier molecular flexibility index (Phi) is 8.43.